The van der Waals surface area contributed by atoms with Gasteiger partial charge in [-0.25, -0.2) is 4.98 Å². The zero-order valence-corrected chi connectivity index (χ0v) is 23.8. The minimum atomic E-state index is -4.63. The molecule has 7 nitrogen and oxygen atoms in total. The fraction of sp³-hybridized carbons (Fsp3) is 0.143. The van der Waals surface area contributed by atoms with E-state index in [2.05, 4.69) is 5.32 Å². The van der Waals surface area contributed by atoms with Crippen molar-refractivity contribution in [3.63, 3.8) is 0 Å². The maximum absolute atomic E-state index is 13.8. The minimum Gasteiger partial charge on any atom is -0.494 e. The number of carbonyl (C=O) groups is 1. The van der Waals surface area contributed by atoms with Crippen LogP contribution in [0, 0.1) is 3.95 Å². The van der Waals surface area contributed by atoms with Crippen molar-refractivity contribution < 1.29 is 22.7 Å². The quantitative estimate of drug-likeness (QED) is 0.114. The van der Waals surface area contributed by atoms with E-state index in [0.29, 0.717) is 38.0 Å². The lowest BCUT2D eigenvalue weighted by Crippen LogP contribution is -2.23. The molecule has 0 radical (unpaired) electrons. The number of fused-ring (bicyclic) bond motifs is 1. The molecule has 0 aliphatic heterocycles. The van der Waals surface area contributed by atoms with Gasteiger partial charge in [0.25, 0.3) is 5.56 Å². The van der Waals surface area contributed by atoms with Gasteiger partial charge in [0.1, 0.15) is 10.4 Å². The lowest BCUT2D eigenvalue weighted by molar-refractivity contribution is -0.137. The predicted molar refractivity (Wildman–Crippen MR) is 157 cm³/mol. The number of anilines is 1. The van der Waals surface area contributed by atoms with Crippen molar-refractivity contribution in [3.8, 4) is 17.1 Å². The Morgan fingerprint density at radius 1 is 1.00 bits per heavy atom. The molecule has 13 heteroatoms. The van der Waals surface area contributed by atoms with Crippen LogP contribution in [0.25, 0.3) is 21.7 Å². The first-order valence-electron chi connectivity index (χ1n) is 12.2. The highest BCUT2D eigenvalue weighted by Gasteiger charge is 2.33. The van der Waals surface area contributed by atoms with Crippen LogP contribution in [-0.4, -0.2) is 32.4 Å². The van der Waals surface area contributed by atoms with Crippen molar-refractivity contribution in [3.05, 3.63) is 98.7 Å². The summed E-state index contributed by atoms with van der Waals surface area (Å²) >= 11 is 7.65. The molecular formula is C28H21F3N4O3S3. The van der Waals surface area contributed by atoms with Crippen LogP contribution in [0.5, 0.6) is 5.75 Å². The Bertz CT molecular complexity index is 1830. The van der Waals surface area contributed by atoms with E-state index in [1.165, 1.54) is 22.8 Å². The van der Waals surface area contributed by atoms with Gasteiger partial charge < -0.3 is 10.1 Å². The van der Waals surface area contributed by atoms with Crippen molar-refractivity contribution in [2.75, 3.05) is 17.7 Å². The smallest absolute Gasteiger partial charge is 0.418 e. The highest BCUT2D eigenvalue weighted by molar-refractivity contribution is 7.99. The monoisotopic (exact) mass is 614 g/mol. The summed E-state index contributed by atoms with van der Waals surface area (Å²) in [6, 6.07) is 20.7. The Balaban J connectivity index is 1.55. The number of nitrogens with zero attached hydrogens (tertiary/aromatic N) is 3. The SMILES string of the molecule is CCOc1ccc(-n2c(=S)sc3c(=O)n(-c4ccccc4)c(SCC(=O)Nc4ccccc4C(F)(F)F)nc32)cc1. The number of ether oxygens (including phenoxy) is 1. The molecule has 1 amide bonds. The van der Waals surface area contributed by atoms with Gasteiger partial charge in [-0.15, -0.1) is 0 Å². The van der Waals surface area contributed by atoms with Gasteiger partial charge in [0, 0.05) is 5.69 Å². The number of benzene rings is 3. The molecule has 0 saturated carbocycles. The number of hydrogen-bond donors (Lipinski definition) is 1. The zero-order chi connectivity index (χ0) is 29.1. The number of halogens is 3. The zero-order valence-electron chi connectivity index (χ0n) is 21.3. The third-order valence-electron chi connectivity index (χ3n) is 5.84. The fourth-order valence-electron chi connectivity index (χ4n) is 4.08. The molecule has 0 atom stereocenters. The molecule has 5 aromatic rings. The fourth-order valence-corrected chi connectivity index (χ4v) is 6.19. The largest absolute Gasteiger partial charge is 0.494 e. The number of hydrogen-bond acceptors (Lipinski definition) is 7. The summed E-state index contributed by atoms with van der Waals surface area (Å²) in [5, 5.41) is 2.51. The van der Waals surface area contributed by atoms with Crippen molar-refractivity contribution in [2.24, 2.45) is 0 Å². The number of thioether (sulfide) groups is 1. The molecule has 0 aliphatic rings. The van der Waals surface area contributed by atoms with E-state index in [0.717, 1.165) is 29.2 Å². The lowest BCUT2D eigenvalue weighted by atomic mass is 10.1. The summed E-state index contributed by atoms with van der Waals surface area (Å²) in [4.78, 5) is 31.3. The summed E-state index contributed by atoms with van der Waals surface area (Å²) in [6.07, 6.45) is -4.63. The predicted octanol–water partition coefficient (Wildman–Crippen LogP) is 7.12. The molecule has 5 rings (SSSR count). The van der Waals surface area contributed by atoms with E-state index in [-0.39, 0.29) is 22.2 Å². The average molecular weight is 615 g/mol. The first-order chi connectivity index (χ1) is 19.7. The third kappa shape index (κ3) is 6.06. The van der Waals surface area contributed by atoms with Crippen LogP contribution in [0.15, 0.2) is 88.8 Å². The van der Waals surface area contributed by atoms with Crippen LogP contribution in [0.4, 0.5) is 18.9 Å². The summed E-state index contributed by atoms with van der Waals surface area (Å²) in [7, 11) is 0. The second kappa shape index (κ2) is 11.9. The molecule has 0 bridgehead atoms. The van der Waals surface area contributed by atoms with Crippen LogP contribution in [-0.2, 0) is 11.0 Å². The number of carbonyl (C=O) groups excluding carboxylic acids is 1. The van der Waals surface area contributed by atoms with Gasteiger partial charge >= 0.3 is 6.18 Å². The van der Waals surface area contributed by atoms with Gasteiger partial charge in [-0.3, -0.25) is 18.7 Å². The number of amides is 1. The van der Waals surface area contributed by atoms with Crippen LogP contribution < -0.4 is 15.6 Å². The maximum Gasteiger partial charge on any atom is 0.418 e. The topological polar surface area (TPSA) is 78.1 Å². The van der Waals surface area contributed by atoms with Gasteiger partial charge in [-0.05, 0) is 67.7 Å². The van der Waals surface area contributed by atoms with Crippen LogP contribution in [0.2, 0.25) is 0 Å². The van der Waals surface area contributed by atoms with E-state index in [1.54, 1.807) is 59.2 Å². The van der Waals surface area contributed by atoms with Crippen molar-refractivity contribution >= 4 is 57.3 Å². The maximum atomic E-state index is 13.8. The molecule has 1 N–H and O–H groups in total. The van der Waals surface area contributed by atoms with E-state index in [4.69, 9.17) is 21.9 Å². The minimum absolute atomic E-state index is 0.181. The molecule has 2 heterocycles. The number of nitrogens with one attached hydrogen (secondary N) is 1. The molecular weight excluding hydrogens is 594 g/mol. The first kappa shape index (κ1) is 28.6. The summed E-state index contributed by atoms with van der Waals surface area (Å²) in [6.45, 7) is 2.39. The molecule has 210 valence electrons. The first-order valence-corrected chi connectivity index (χ1v) is 14.4. The van der Waals surface area contributed by atoms with Gasteiger partial charge in [-0.2, -0.15) is 13.2 Å². The van der Waals surface area contributed by atoms with E-state index in [9.17, 15) is 22.8 Å². The number of rotatable bonds is 8. The van der Waals surface area contributed by atoms with Crippen LogP contribution in [0.1, 0.15) is 12.5 Å². The van der Waals surface area contributed by atoms with Gasteiger partial charge in [0.2, 0.25) is 5.91 Å². The van der Waals surface area contributed by atoms with Gasteiger partial charge in [0.15, 0.2) is 14.8 Å². The van der Waals surface area contributed by atoms with Crippen molar-refractivity contribution in [2.45, 2.75) is 18.3 Å². The molecule has 0 saturated heterocycles. The number of alkyl halides is 3. The number of aromatic nitrogens is 3. The Morgan fingerprint density at radius 3 is 2.34 bits per heavy atom. The molecule has 2 aromatic heterocycles. The summed E-state index contributed by atoms with van der Waals surface area (Å²) < 4.78 is 49.5. The second-order valence-electron chi connectivity index (χ2n) is 8.53. The highest BCUT2D eigenvalue weighted by atomic mass is 32.2. The molecule has 0 fully saturated rings. The Labute approximate surface area is 245 Å². The standard InChI is InChI=1S/C28H21F3N4O3S3/c1-2-38-19-14-12-18(13-15-19)34-24-23(41-27(34)39)25(37)35(17-8-4-3-5-9-17)26(33-24)40-16-22(36)32-21-11-7-6-10-20(21)28(29,30)31/h3-15H,2,16H2,1H3,(H,32,36). The molecule has 41 heavy (non-hydrogen) atoms. The summed E-state index contributed by atoms with van der Waals surface area (Å²) in [5.74, 6) is -0.310. The Morgan fingerprint density at radius 2 is 1.66 bits per heavy atom. The van der Waals surface area contributed by atoms with Crippen molar-refractivity contribution in [1.82, 2.24) is 14.1 Å². The Hall–Kier alpha value is -3.94. The molecule has 0 unspecified atom stereocenters. The Kier molecular flexibility index (Phi) is 8.29. The third-order valence-corrected chi connectivity index (χ3v) is 8.13. The van der Waals surface area contributed by atoms with Crippen LogP contribution in [0.3, 0.4) is 0 Å². The normalized spacial score (nSPS) is 11.5. The van der Waals surface area contributed by atoms with E-state index in [1.807, 2.05) is 6.92 Å². The summed E-state index contributed by atoms with van der Waals surface area (Å²) in [5.41, 5.74) is -0.183. The van der Waals surface area contributed by atoms with E-state index >= 15 is 0 Å². The second-order valence-corrected chi connectivity index (χ2v) is 11.1. The van der Waals surface area contributed by atoms with Crippen LogP contribution >= 0.6 is 35.3 Å². The molecule has 0 aliphatic carbocycles. The van der Waals surface area contributed by atoms with Gasteiger partial charge in [-0.1, -0.05) is 53.4 Å². The lowest BCUT2D eigenvalue weighted by Gasteiger charge is -2.15. The number of thiazole rings is 1. The van der Waals surface area contributed by atoms with Crippen molar-refractivity contribution in [1.29, 1.82) is 0 Å². The highest BCUT2D eigenvalue weighted by Crippen LogP contribution is 2.35. The average Bonchev–Trinajstić information content (AvgIpc) is 3.29. The molecule has 3 aromatic carbocycles. The van der Waals surface area contributed by atoms with E-state index < -0.39 is 17.6 Å². The number of para-hydroxylation sites is 2. The van der Waals surface area contributed by atoms with Gasteiger partial charge in [0.05, 0.1) is 29.3 Å². The molecule has 0 spiro atoms.